The predicted octanol–water partition coefficient (Wildman–Crippen LogP) is 5.97. The Morgan fingerprint density at radius 2 is 1.69 bits per heavy atom. The number of hydrogen-bond donors (Lipinski definition) is 2. The summed E-state index contributed by atoms with van der Waals surface area (Å²) in [6.07, 6.45) is 9.65. The number of aliphatic hydroxyl groups excluding tert-OH is 1. The quantitative estimate of drug-likeness (QED) is 0.319. The van der Waals surface area contributed by atoms with Crippen molar-refractivity contribution < 1.29 is 29.2 Å². The molecule has 0 radical (unpaired) electrons. The van der Waals surface area contributed by atoms with Crippen LogP contribution in [0.2, 0.25) is 0 Å². The fraction of sp³-hybridized carbons (Fsp3) is 1.00. The van der Waals surface area contributed by atoms with Gasteiger partial charge in [0.15, 0.2) is 6.29 Å². The van der Waals surface area contributed by atoms with Crippen LogP contribution in [0.4, 0.5) is 0 Å². The van der Waals surface area contributed by atoms with Crippen LogP contribution < -0.4 is 0 Å². The molecule has 4 unspecified atom stereocenters. The van der Waals surface area contributed by atoms with Gasteiger partial charge in [0.1, 0.15) is 6.10 Å². The standard InChI is InChI=1S/C43H72N2O6/c1-9-48-37(39(5,6)47)29-18-26(2)34-35(50-29)36(46)41(8)31-11-10-30-38(3,4)32(12-13-42(30)25-43(31,42)15-14-40(34,41)7)51-33-24-44(16-17-49-33)20-27-19-28-22-45(21-27)23-28/h26-37,46-47H,9-25H2,1-8H3/t26-,27?,29?,30+,31?,32+,33+,34+,35?,36+,37+,40-,41-,42-,43+/m1/s1. The topological polar surface area (TPSA) is 83.9 Å². The lowest BCUT2D eigenvalue weighted by Crippen LogP contribution is -2.60. The maximum Gasteiger partial charge on any atom is 0.170 e. The normalized spacial score (nSPS) is 54.9. The van der Waals surface area contributed by atoms with Crippen LogP contribution in [0.1, 0.15) is 113 Å². The highest BCUT2D eigenvalue weighted by molar-refractivity contribution is 5.33. The van der Waals surface area contributed by atoms with Crippen LogP contribution in [-0.4, -0.2) is 115 Å². The molecule has 10 rings (SSSR count). The summed E-state index contributed by atoms with van der Waals surface area (Å²) in [5.41, 5.74) is -0.398. The zero-order chi connectivity index (χ0) is 35.9. The highest BCUT2D eigenvalue weighted by atomic mass is 16.7. The van der Waals surface area contributed by atoms with Crippen LogP contribution >= 0.6 is 0 Å². The number of aliphatic hydroxyl groups is 2. The van der Waals surface area contributed by atoms with Crippen LogP contribution in [0.25, 0.3) is 0 Å². The third-order valence-corrected chi connectivity index (χ3v) is 18.3. The van der Waals surface area contributed by atoms with Gasteiger partial charge in [0, 0.05) is 51.3 Å². The van der Waals surface area contributed by atoms with Crippen molar-refractivity contribution in [2.45, 2.75) is 156 Å². The smallest absolute Gasteiger partial charge is 0.170 e. The van der Waals surface area contributed by atoms with Crippen LogP contribution in [0, 0.1) is 62.6 Å². The van der Waals surface area contributed by atoms with E-state index in [0.29, 0.717) is 41.1 Å². The van der Waals surface area contributed by atoms with E-state index >= 15 is 0 Å². The van der Waals surface area contributed by atoms with Crippen molar-refractivity contribution >= 4 is 0 Å². The highest BCUT2D eigenvalue weighted by Crippen LogP contribution is 2.89. The molecular formula is C43H72N2O6. The van der Waals surface area contributed by atoms with E-state index in [4.69, 9.17) is 18.9 Å². The first-order valence-electron chi connectivity index (χ1n) is 21.5. The summed E-state index contributed by atoms with van der Waals surface area (Å²) in [4.78, 5) is 5.28. The lowest BCUT2D eigenvalue weighted by Gasteiger charge is -2.64. The molecule has 5 aliphatic heterocycles. The Morgan fingerprint density at radius 1 is 0.941 bits per heavy atom. The number of rotatable bonds is 8. The molecule has 0 aromatic rings. The zero-order valence-electron chi connectivity index (χ0n) is 33.4. The Morgan fingerprint density at radius 3 is 2.39 bits per heavy atom. The molecule has 2 bridgehead atoms. The Labute approximate surface area is 309 Å². The van der Waals surface area contributed by atoms with E-state index < -0.39 is 17.8 Å². The van der Waals surface area contributed by atoms with E-state index in [-0.39, 0.29) is 40.8 Å². The average Bonchev–Trinajstić information content (AvgIpc) is 3.69. The Balaban J connectivity index is 0.908. The van der Waals surface area contributed by atoms with Gasteiger partial charge in [-0.1, -0.05) is 34.6 Å². The maximum atomic E-state index is 12.7. The summed E-state index contributed by atoms with van der Waals surface area (Å²) >= 11 is 0. The summed E-state index contributed by atoms with van der Waals surface area (Å²) < 4.78 is 26.5. The second-order valence-electron chi connectivity index (χ2n) is 21.5. The molecule has 2 N–H and O–H groups in total. The minimum absolute atomic E-state index is 0.0271. The van der Waals surface area contributed by atoms with Crippen molar-refractivity contribution in [1.29, 1.82) is 0 Å². The summed E-state index contributed by atoms with van der Waals surface area (Å²) in [6, 6.07) is 0. The summed E-state index contributed by atoms with van der Waals surface area (Å²) in [7, 11) is 0. The minimum atomic E-state index is -1.01. The monoisotopic (exact) mass is 713 g/mol. The predicted molar refractivity (Wildman–Crippen MR) is 197 cm³/mol. The molecular weight excluding hydrogens is 640 g/mol. The second-order valence-corrected chi connectivity index (χ2v) is 21.5. The third kappa shape index (κ3) is 5.11. The molecule has 8 nitrogen and oxygen atoms in total. The van der Waals surface area contributed by atoms with Gasteiger partial charge in [0.2, 0.25) is 0 Å². The van der Waals surface area contributed by atoms with Crippen LogP contribution in [0.5, 0.6) is 0 Å². The van der Waals surface area contributed by atoms with Crippen molar-refractivity contribution in [2.75, 3.05) is 52.5 Å². The lowest BCUT2D eigenvalue weighted by molar-refractivity contribution is -0.249. The molecule has 10 fully saturated rings. The van der Waals surface area contributed by atoms with Crippen molar-refractivity contribution in [3.05, 3.63) is 0 Å². The Bertz CT molecular complexity index is 1320. The van der Waals surface area contributed by atoms with E-state index in [1.54, 1.807) is 0 Å². The lowest BCUT2D eigenvalue weighted by atomic mass is 9.41. The number of piperidine rings is 2. The van der Waals surface area contributed by atoms with E-state index in [0.717, 1.165) is 44.4 Å². The first-order valence-corrected chi connectivity index (χ1v) is 21.5. The largest absolute Gasteiger partial charge is 0.390 e. The van der Waals surface area contributed by atoms with Gasteiger partial charge in [-0.2, -0.15) is 0 Å². The SMILES string of the molecule is CCO[C@@H](C1C[C@@H](C)[C@H]2C(O1)[C@H](O)[C@@]1(C)C3CC[C@H]4C(C)(C)[C@@H](O[C@H]5CN(CC6CC7CN(C7)C6)CCO5)CC[C@@]45C[C@@]35CC[C@]21C)C(C)(C)O. The van der Waals surface area contributed by atoms with Gasteiger partial charge >= 0.3 is 0 Å². The number of hydrogen-bond acceptors (Lipinski definition) is 8. The number of ether oxygens (including phenoxy) is 4. The van der Waals surface area contributed by atoms with Crippen LogP contribution in [0.3, 0.4) is 0 Å². The van der Waals surface area contributed by atoms with Gasteiger partial charge in [-0.15, -0.1) is 0 Å². The molecule has 5 aliphatic carbocycles. The summed E-state index contributed by atoms with van der Waals surface area (Å²) in [5, 5.41) is 23.8. The van der Waals surface area contributed by atoms with Gasteiger partial charge in [-0.3, -0.25) is 4.90 Å². The number of morpholine rings is 1. The average molecular weight is 713 g/mol. The van der Waals surface area contributed by atoms with E-state index in [2.05, 4.69) is 44.4 Å². The second kappa shape index (κ2) is 12.1. The molecule has 5 heterocycles. The molecule has 0 amide bonds. The molecule has 2 spiro atoms. The van der Waals surface area contributed by atoms with Crippen molar-refractivity contribution in [1.82, 2.24) is 9.80 Å². The van der Waals surface area contributed by atoms with Crippen molar-refractivity contribution in [3.8, 4) is 0 Å². The molecule has 290 valence electrons. The highest BCUT2D eigenvalue weighted by Gasteiger charge is 2.84. The fourth-order valence-electron chi connectivity index (χ4n) is 16.2. The minimum Gasteiger partial charge on any atom is -0.390 e. The first-order chi connectivity index (χ1) is 24.1. The molecule has 0 aromatic heterocycles. The molecule has 8 heteroatoms. The van der Waals surface area contributed by atoms with Crippen molar-refractivity contribution in [3.63, 3.8) is 0 Å². The van der Waals surface area contributed by atoms with Crippen LogP contribution in [-0.2, 0) is 18.9 Å². The molecule has 5 saturated heterocycles. The van der Waals surface area contributed by atoms with E-state index in [1.165, 1.54) is 71.1 Å². The first kappa shape index (κ1) is 36.3. The third-order valence-electron chi connectivity index (χ3n) is 18.3. The molecule has 51 heavy (non-hydrogen) atoms. The Kier molecular flexibility index (Phi) is 8.61. The fourth-order valence-corrected chi connectivity index (χ4v) is 16.2. The van der Waals surface area contributed by atoms with Gasteiger partial charge in [-0.05, 0) is 136 Å². The van der Waals surface area contributed by atoms with Gasteiger partial charge in [-0.25, -0.2) is 0 Å². The van der Waals surface area contributed by atoms with E-state index in [9.17, 15) is 10.2 Å². The zero-order valence-corrected chi connectivity index (χ0v) is 33.4. The van der Waals surface area contributed by atoms with Crippen molar-refractivity contribution in [2.24, 2.45) is 62.6 Å². The van der Waals surface area contributed by atoms with Gasteiger partial charge < -0.3 is 34.1 Å². The number of nitrogens with zero attached hydrogens (tertiary/aromatic N) is 2. The van der Waals surface area contributed by atoms with Crippen LogP contribution in [0.15, 0.2) is 0 Å². The summed E-state index contributed by atoms with van der Waals surface area (Å²) in [5.74, 6) is 3.62. The van der Waals surface area contributed by atoms with Gasteiger partial charge in [0.25, 0.3) is 0 Å². The Hall–Kier alpha value is -0.320. The summed E-state index contributed by atoms with van der Waals surface area (Å²) in [6.45, 7) is 26.5. The number of fused-ring (bicyclic) bond motifs is 6. The molecule has 0 aromatic carbocycles. The van der Waals surface area contributed by atoms with Gasteiger partial charge in [0.05, 0.1) is 36.6 Å². The molecule has 10 aliphatic rings. The molecule has 5 saturated carbocycles. The van der Waals surface area contributed by atoms with E-state index in [1.807, 2.05) is 20.8 Å². The molecule has 15 atom stereocenters. The maximum absolute atomic E-state index is 12.7.